The number of hydrogen-bond donors (Lipinski definition) is 0. The Bertz CT molecular complexity index is 571. The van der Waals surface area contributed by atoms with Gasteiger partial charge in [0.15, 0.2) is 5.78 Å². The van der Waals surface area contributed by atoms with E-state index in [9.17, 15) is 9.59 Å². The Morgan fingerprint density at radius 2 is 2.05 bits per heavy atom. The SMILES string of the molecule is CC1C=CCC2=C1/C(=N/C(=O)OC(C)(C)C)C=CC2=O. The molecule has 0 aromatic rings. The van der Waals surface area contributed by atoms with Gasteiger partial charge in [-0.15, -0.1) is 0 Å². The van der Waals surface area contributed by atoms with Gasteiger partial charge in [0.1, 0.15) is 5.60 Å². The van der Waals surface area contributed by atoms with E-state index >= 15 is 0 Å². The third-order valence-electron chi connectivity index (χ3n) is 3.10. The van der Waals surface area contributed by atoms with E-state index in [2.05, 4.69) is 4.99 Å². The molecular formula is C16H19NO3. The van der Waals surface area contributed by atoms with Crippen LogP contribution in [0.3, 0.4) is 0 Å². The van der Waals surface area contributed by atoms with Gasteiger partial charge in [-0.1, -0.05) is 19.1 Å². The van der Waals surface area contributed by atoms with Crippen molar-refractivity contribution >= 4 is 17.6 Å². The highest BCUT2D eigenvalue weighted by molar-refractivity contribution is 6.24. The van der Waals surface area contributed by atoms with Crippen LogP contribution in [0.5, 0.6) is 0 Å². The molecule has 20 heavy (non-hydrogen) atoms. The number of rotatable bonds is 0. The lowest BCUT2D eigenvalue weighted by molar-refractivity contribution is -0.111. The molecule has 0 aromatic heterocycles. The molecule has 0 bridgehead atoms. The first kappa shape index (κ1) is 14.4. The minimum Gasteiger partial charge on any atom is -0.442 e. The fraction of sp³-hybridized carbons (Fsp3) is 0.438. The van der Waals surface area contributed by atoms with Crippen molar-refractivity contribution in [3.63, 3.8) is 0 Å². The topological polar surface area (TPSA) is 55.7 Å². The molecule has 0 aromatic carbocycles. The molecule has 2 aliphatic rings. The fourth-order valence-electron chi connectivity index (χ4n) is 2.32. The highest BCUT2D eigenvalue weighted by Gasteiger charge is 2.27. The zero-order valence-electron chi connectivity index (χ0n) is 12.3. The molecule has 0 saturated carbocycles. The van der Waals surface area contributed by atoms with Crippen LogP contribution in [0.4, 0.5) is 4.79 Å². The molecule has 0 heterocycles. The number of ketones is 1. The summed E-state index contributed by atoms with van der Waals surface area (Å²) in [6.45, 7) is 7.37. The monoisotopic (exact) mass is 273 g/mol. The Morgan fingerprint density at radius 1 is 1.35 bits per heavy atom. The van der Waals surface area contributed by atoms with E-state index in [0.717, 1.165) is 11.1 Å². The molecule has 2 aliphatic carbocycles. The largest absolute Gasteiger partial charge is 0.442 e. The van der Waals surface area contributed by atoms with Crippen LogP contribution in [0.1, 0.15) is 34.1 Å². The summed E-state index contributed by atoms with van der Waals surface area (Å²) in [5.74, 6) is 0.0770. The number of ether oxygens (including phenoxy) is 1. The van der Waals surface area contributed by atoms with Crippen LogP contribution in [-0.4, -0.2) is 23.2 Å². The van der Waals surface area contributed by atoms with Crippen molar-refractivity contribution in [2.45, 2.75) is 39.7 Å². The van der Waals surface area contributed by atoms with Crippen LogP contribution in [0.15, 0.2) is 40.4 Å². The first-order chi connectivity index (χ1) is 9.28. The summed E-state index contributed by atoms with van der Waals surface area (Å²) in [5, 5.41) is 0. The second kappa shape index (κ2) is 5.19. The zero-order chi connectivity index (χ0) is 14.9. The van der Waals surface area contributed by atoms with Crippen LogP contribution >= 0.6 is 0 Å². The van der Waals surface area contributed by atoms with Gasteiger partial charge in [0.25, 0.3) is 0 Å². The third kappa shape index (κ3) is 3.13. The molecule has 0 fully saturated rings. The standard InChI is InChI=1S/C16H19NO3/c1-10-6-5-7-11-13(18)9-8-12(14(10)11)17-15(19)20-16(2,3)4/h5-6,8-10H,7H2,1-4H3/b17-12+. The average molecular weight is 273 g/mol. The van der Waals surface area contributed by atoms with E-state index in [1.165, 1.54) is 6.08 Å². The van der Waals surface area contributed by atoms with E-state index < -0.39 is 11.7 Å². The number of hydrogen-bond acceptors (Lipinski definition) is 3. The molecule has 4 heteroatoms. The van der Waals surface area contributed by atoms with Gasteiger partial charge >= 0.3 is 6.09 Å². The van der Waals surface area contributed by atoms with E-state index in [-0.39, 0.29) is 11.7 Å². The van der Waals surface area contributed by atoms with Crippen molar-refractivity contribution in [2.24, 2.45) is 10.9 Å². The molecule has 4 nitrogen and oxygen atoms in total. The summed E-state index contributed by atoms with van der Waals surface area (Å²) in [6.07, 6.45) is 7.03. The second-order valence-electron chi connectivity index (χ2n) is 5.99. The minimum atomic E-state index is -0.625. The first-order valence-electron chi connectivity index (χ1n) is 6.72. The van der Waals surface area contributed by atoms with Gasteiger partial charge in [0.2, 0.25) is 0 Å². The van der Waals surface area contributed by atoms with E-state index in [1.807, 2.05) is 19.1 Å². The molecule has 1 atom stereocenters. The molecular weight excluding hydrogens is 254 g/mol. The Balaban J connectivity index is 2.32. The maximum Gasteiger partial charge on any atom is 0.434 e. The molecule has 2 rings (SSSR count). The van der Waals surface area contributed by atoms with Crippen molar-refractivity contribution < 1.29 is 14.3 Å². The number of aliphatic imine (C=N–C) groups is 1. The van der Waals surface area contributed by atoms with Gasteiger partial charge in [0.05, 0.1) is 5.71 Å². The molecule has 106 valence electrons. The molecule has 1 amide bonds. The van der Waals surface area contributed by atoms with Crippen molar-refractivity contribution in [2.75, 3.05) is 0 Å². The summed E-state index contributed by atoms with van der Waals surface area (Å²) in [6, 6.07) is 0. The van der Waals surface area contributed by atoms with Crippen LogP contribution in [0.2, 0.25) is 0 Å². The lowest BCUT2D eigenvalue weighted by Gasteiger charge is -2.24. The van der Waals surface area contributed by atoms with Crippen LogP contribution in [-0.2, 0) is 9.53 Å². The Labute approximate surface area is 118 Å². The maximum absolute atomic E-state index is 11.9. The third-order valence-corrected chi connectivity index (χ3v) is 3.10. The lowest BCUT2D eigenvalue weighted by Crippen LogP contribution is -2.25. The summed E-state index contributed by atoms with van der Waals surface area (Å²) in [4.78, 5) is 27.7. The van der Waals surface area contributed by atoms with Crippen molar-refractivity contribution in [3.8, 4) is 0 Å². The number of amides is 1. The quantitative estimate of drug-likeness (QED) is 0.502. The first-order valence-corrected chi connectivity index (χ1v) is 6.72. The van der Waals surface area contributed by atoms with E-state index in [1.54, 1.807) is 26.8 Å². The summed E-state index contributed by atoms with van der Waals surface area (Å²) in [5.41, 5.74) is 1.52. The molecule has 0 N–H and O–H groups in total. The van der Waals surface area contributed by atoms with Crippen LogP contribution in [0.25, 0.3) is 0 Å². The number of nitrogens with zero attached hydrogens (tertiary/aromatic N) is 1. The van der Waals surface area contributed by atoms with E-state index in [0.29, 0.717) is 12.1 Å². The molecule has 0 radical (unpaired) electrons. The van der Waals surface area contributed by atoms with Crippen molar-refractivity contribution in [1.82, 2.24) is 0 Å². The maximum atomic E-state index is 11.9. The van der Waals surface area contributed by atoms with E-state index in [4.69, 9.17) is 4.74 Å². The smallest absolute Gasteiger partial charge is 0.434 e. The predicted molar refractivity (Wildman–Crippen MR) is 77.8 cm³/mol. The van der Waals surface area contributed by atoms with Crippen LogP contribution < -0.4 is 0 Å². The number of allylic oxidation sites excluding steroid dienone is 6. The Morgan fingerprint density at radius 3 is 2.70 bits per heavy atom. The van der Waals surface area contributed by atoms with Gasteiger partial charge in [-0.25, -0.2) is 4.79 Å². The summed E-state index contributed by atoms with van der Waals surface area (Å²) < 4.78 is 5.20. The molecule has 0 aliphatic heterocycles. The van der Waals surface area contributed by atoms with Crippen molar-refractivity contribution in [1.29, 1.82) is 0 Å². The molecule has 0 saturated heterocycles. The van der Waals surface area contributed by atoms with Gasteiger partial charge in [0, 0.05) is 11.5 Å². The molecule has 0 spiro atoms. The fourth-order valence-corrected chi connectivity index (χ4v) is 2.32. The minimum absolute atomic E-state index is 0.000612. The average Bonchev–Trinajstić information content (AvgIpc) is 2.31. The van der Waals surface area contributed by atoms with Crippen LogP contribution in [0, 0.1) is 5.92 Å². The van der Waals surface area contributed by atoms with Gasteiger partial charge in [-0.2, -0.15) is 4.99 Å². The highest BCUT2D eigenvalue weighted by atomic mass is 16.6. The summed E-state index contributed by atoms with van der Waals surface area (Å²) >= 11 is 0. The lowest BCUT2D eigenvalue weighted by atomic mass is 9.81. The second-order valence-corrected chi connectivity index (χ2v) is 5.99. The Kier molecular flexibility index (Phi) is 3.75. The normalized spacial score (nSPS) is 24.1. The van der Waals surface area contributed by atoms with Gasteiger partial charge in [-0.3, -0.25) is 4.79 Å². The van der Waals surface area contributed by atoms with Gasteiger partial charge in [-0.05, 0) is 44.9 Å². The summed E-state index contributed by atoms with van der Waals surface area (Å²) in [7, 11) is 0. The highest BCUT2D eigenvalue weighted by Crippen LogP contribution is 2.30. The van der Waals surface area contributed by atoms with Gasteiger partial charge < -0.3 is 4.74 Å². The number of carbonyl (C=O) groups is 2. The molecule has 1 unspecified atom stereocenters. The predicted octanol–water partition coefficient (Wildman–Crippen LogP) is 3.39. The van der Waals surface area contributed by atoms with Crippen molar-refractivity contribution in [3.05, 3.63) is 35.5 Å². The Hall–Kier alpha value is -1.97. The number of carbonyl (C=O) groups excluding carboxylic acids is 2. The zero-order valence-corrected chi connectivity index (χ0v) is 12.3.